The number of carbonyl (C=O) groups is 1. The van der Waals surface area contributed by atoms with E-state index in [-0.39, 0.29) is 11.3 Å². The molecule has 0 bridgehead atoms. The molecule has 1 atom stereocenters. The average molecular weight is 287 g/mol. The highest BCUT2D eigenvalue weighted by molar-refractivity contribution is 5.89. The Hall–Kier alpha value is -1.35. The normalized spacial score (nSPS) is 28.6. The van der Waals surface area contributed by atoms with Crippen LogP contribution in [-0.4, -0.2) is 34.6 Å². The molecule has 3 heteroatoms. The highest BCUT2D eigenvalue weighted by Crippen LogP contribution is 2.45. The lowest BCUT2D eigenvalue weighted by atomic mass is 9.63. The molecule has 1 aliphatic heterocycles. The number of carbonyl (C=O) groups excluding carboxylic acids is 1. The van der Waals surface area contributed by atoms with E-state index in [0.29, 0.717) is 13.0 Å². The van der Waals surface area contributed by atoms with E-state index in [9.17, 15) is 9.90 Å². The summed E-state index contributed by atoms with van der Waals surface area (Å²) in [4.78, 5) is 15.1. The highest BCUT2D eigenvalue weighted by Gasteiger charge is 2.47. The smallest absolute Gasteiger partial charge is 0.233 e. The van der Waals surface area contributed by atoms with Crippen LogP contribution in [-0.2, 0) is 10.2 Å². The van der Waals surface area contributed by atoms with Crippen LogP contribution in [0.25, 0.3) is 0 Å². The lowest BCUT2D eigenvalue weighted by Crippen LogP contribution is -2.51. The zero-order valence-electron chi connectivity index (χ0n) is 12.8. The molecule has 1 unspecified atom stereocenters. The lowest BCUT2D eigenvalue weighted by Gasteiger charge is -2.44. The van der Waals surface area contributed by atoms with Crippen LogP contribution >= 0.6 is 0 Å². The summed E-state index contributed by atoms with van der Waals surface area (Å²) in [7, 11) is 0. The Balaban J connectivity index is 1.80. The molecule has 0 spiro atoms. The van der Waals surface area contributed by atoms with Gasteiger partial charge in [0.2, 0.25) is 5.91 Å². The van der Waals surface area contributed by atoms with Crippen LogP contribution in [0, 0.1) is 0 Å². The summed E-state index contributed by atoms with van der Waals surface area (Å²) in [6, 6.07) is 10.2. The first kappa shape index (κ1) is 14.6. The van der Waals surface area contributed by atoms with E-state index in [0.717, 1.165) is 44.2 Å². The van der Waals surface area contributed by atoms with Gasteiger partial charge in [-0.1, -0.05) is 36.8 Å². The van der Waals surface area contributed by atoms with Gasteiger partial charge in [-0.05, 0) is 44.6 Å². The van der Waals surface area contributed by atoms with Crippen molar-refractivity contribution in [3.05, 3.63) is 35.9 Å². The van der Waals surface area contributed by atoms with E-state index in [1.165, 1.54) is 0 Å². The lowest BCUT2D eigenvalue weighted by molar-refractivity contribution is -0.141. The molecule has 1 heterocycles. The molecule has 21 heavy (non-hydrogen) atoms. The fraction of sp³-hybridized carbons (Fsp3) is 0.611. The predicted molar refractivity (Wildman–Crippen MR) is 83.0 cm³/mol. The molecule has 1 aromatic carbocycles. The summed E-state index contributed by atoms with van der Waals surface area (Å²) >= 11 is 0. The Bertz CT molecular complexity index is 505. The molecule has 0 aromatic heterocycles. The Kier molecular flexibility index (Phi) is 3.78. The molecule has 0 radical (unpaired) electrons. The second-order valence-corrected chi connectivity index (χ2v) is 6.94. The molecular weight excluding hydrogens is 262 g/mol. The monoisotopic (exact) mass is 287 g/mol. The summed E-state index contributed by atoms with van der Waals surface area (Å²) in [6.45, 7) is 3.35. The summed E-state index contributed by atoms with van der Waals surface area (Å²) in [6.07, 6.45) is 5.42. The van der Waals surface area contributed by atoms with E-state index in [1.54, 1.807) is 0 Å². The number of nitrogens with zero attached hydrogens (tertiary/aromatic N) is 1. The van der Waals surface area contributed by atoms with Gasteiger partial charge in [0, 0.05) is 13.1 Å². The van der Waals surface area contributed by atoms with Crippen molar-refractivity contribution in [3.63, 3.8) is 0 Å². The largest absolute Gasteiger partial charge is 0.390 e. The van der Waals surface area contributed by atoms with Crippen molar-refractivity contribution in [2.45, 2.75) is 56.5 Å². The predicted octanol–water partition coefficient (Wildman–Crippen LogP) is 2.87. The van der Waals surface area contributed by atoms with Crippen LogP contribution < -0.4 is 0 Å². The number of hydrogen-bond donors (Lipinski definition) is 1. The van der Waals surface area contributed by atoms with E-state index in [4.69, 9.17) is 0 Å². The first-order valence-corrected chi connectivity index (χ1v) is 8.11. The van der Waals surface area contributed by atoms with Crippen LogP contribution in [0.4, 0.5) is 0 Å². The van der Waals surface area contributed by atoms with Gasteiger partial charge in [0.05, 0.1) is 11.0 Å². The topological polar surface area (TPSA) is 40.5 Å². The number of benzene rings is 1. The Morgan fingerprint density at radius 2 is 1.76 bits per heavy atom. The van der Waals surface area contributed by atoms with Crippen LogP contribution in [0.1, 0.15) is 51.0 Å². The number of aliphatic hydroxyl groups is 1. The van der Waals surface area contributed by atoms with Crippen LogP contribution in [0.3, 0.4) is 0 Å². The third-order valence-corrected chi connectivity index (χ3v) is 5.29. The minimum absolute atomic E-state index is 0.276. The van der Waals surface area contributed by atoms with Crippen molar-refractivity contribution in [2.75, 3.05) is 13.1 Å². The SMILES string of the molecule is CC1(O)CCCN(C(=O)C2(c3ccccc3)CCC2)CC1. The molecule has 1 aliphatic carbocycles. The van der Waals surface area contributed by atoms with Gasteiger partial charge in [-0.15, -0.1) is 0 Å². The number of rotatable bonds is 2. The van der Waals surface area contributed by atoms with E-state index >= 15 is 0 Å². The quantitative estimate of drug-likeness (QED) is 0.908. The molecule has 2 fully saturated rings. The Morgan fingerprint density at radius 1 is 1.05 bits per heavy atom. The first-order valence-electron chi connectivity index (χ1n) is 8.11. The zero-order chi connectivity index (χ0) is 14.9. The van der Waals surface area contributed by atoms with Crippen molar-refractivity contribution in [2.24, 2.45) is 0 Å². The maximum atomic E-state index is 13.1. The minimum atomic E-state index is -0.617. The maximum Gasteiger partial charge on any atom is 0.233 e. The summed E-state index contributed by atoms with van der Waals surface area (Å²) in [5.74, 6) is 0.276. The summed E-state index contributed by atoms with van der Waals surface area (Å²) < 4.78 is 0. The van der Waals surface area contributed by atoms with Crippen LogP contribution in [0.15, 0.2) is 30.3 Å². The second-order valence-electron chi connectivity index (χ2n) is 6.94. The molecule has 1 saturated carbocycles. The molecule has 1 N–H and O–H groups in total. The van der Waals surface area contributed by atoms with Gasteiger partial charge in [0.1, 0.15) is 0 Å². The molecule has 1 amide bonds. The number of amides is 1. The fourth-order valence-electron chi connectivity index (χ4n) is 3.68. The molecular formula is C18H25NO2. The minimum Gasteiger partial charge on any atom is -0.390 e. The number of hydrogen-bond acceptors (Lipinski definition) is 2. The van der Waals surface area contributed by atoms with Crippen molar-refractivity contribution in [3.8, 4) is 0 Å². The molecule has 114 valence electrons. The van der Waals surface area contributed by atoms with Crippen molar-refractivity contribution >= 4 is 5.91 Å². The van der Waals surface area contributed by atoms with Crippen LogP contribution in [0.5, 0.6) is 0 Å². The summed E-state index contributed by atoms with van der Waals surface area (Å²) in [5, 5.41) is 10.2. The van der Waals surface area contributed by atoms with Gasteiger partial charge in [-0.3, -0.25) is 4.79 Å². The van der Waals surface area contributed by atoms with E-state index < -0.39 is 5.60 Å². The van der Waals surface area contributed by atoms with Crippen molar-refractivity contribution in [1.29, 1.82) is 0 Å². The summed E-state index contributed by atoms with van der Waals surface area (Å²) in [5.41, 5.74) is 0.253. The maximum absolute atomic E-state index is 13.1. The standard InChI is InChI=1S/C18H25NO2/c1-17(21)9-6-13-19(14-12-17)16(20)18(10-5-11-18)15-7-3-2-4-8-15/h2-4,7-8,21H,5-6,9-14H2,1H3. The zero-order valence-corrected chi connectivity index (χ0v) is 12.8. The highest BCUT2D eigenvalue weighted by atomic mass is 16.3. The first-order chi connectivity index (χ1) is 10.0. The Morgan fingerprint density at radius 3 is 2.38 bits per heavy atom. The number of likely N-dealkylation sites (tertiary alicyclic amines) is 1. The van der Waals surface area contributed by atoms with Gasteiger partial charge in [-0.2, -0.15) is 0 Å². The third-order valence-electron chi connectivity index (χ3n) is 5.29. The van der Waals surface area contributed by atoms with Gasteiger partial charge in [0.25, 0.3) is 0 Å². The average Bonchev–Trinajstić information content (AvgIpc) is 2.59. The van der Waals surface area contributed by atoms with Gasteiger partial charge in [-0.25, -0.2) is 0 Å². The van der Waals surface area contributed by atoms with Gasteiger partial charge < -0.3 is 10.0 Å². The van der Waals surface area contributed by atoms with E-state index in [2.05, 4.69) is 12.1 Å². The van der Waals surface area contributed by atoms with Crippen LogP contribution in [0.2, 0.25) is 0 Å². The van der Waals surface area contributed by atoms with E-state index in [1.807, 2.05) is 30.0 Å². The molecule has 2 aliphatic rings. The van der Waals surface area contributed by atoms with Crippen molar-refractivity contribution in [1.82, 2.24) is 4.90 Å². The third kappa shape index (κ3) is 2.71. The van der Waals surface area contributed by atoms with Gasteiger partial charge in [0.15, 0.2) is 0 Å². The molecule has 3 rings (SSSR count). The Labute approximate surface area is 127 Å². The second kappa shape index (κ2) is 5.45. The van der Waals surface area contributed by atoms with Crippen molar-refractivity contribution < 1.29 is 9.90 Å². The molecule has 1 aromatic rings. The fourth-order valence-corrected chi connectivity index (χ4v) is 3.68. The van der Waals surface area contributed by atoms with Gasteiger partial charge >= 0.3 is 0 Å². The molecule has 3 nitrogen and oxygen atoms in total. The molecule has 1 saturated heterocycles.